The second-order valence-electron chi connectivity index (χ2n) is 23.3. The van der Waals surface area contributed by atoms with E-state index < -0.39 is 133 Å². The monoisotopic (exact) mass is 1090 g/mol. The SMILES string of the molecule is CC[C@H]1OC(=O)[C@H](C)[C@@H](O[C@H]2C[C@@](C)(OC)[C@@H](O)[C@H](C)O2)[C@H](C)[C@@H](O[C@@H]2O[C@H](C)C[C@H](N(C)CCc3cn([C@H](CF)[C@H](OC)c4ccc(N5CC(F)(F)C5)cc4)nn3)[C@H]2O)[C@](C)(O)C[C@@H](C)CN(C)[C@H](C)[C@@H](O)[C@]1(C)O. The first-order valence-electron chi connectivity index (χ1n) is 27.0. The maximum absolute atomic E-state index is 14.9. The van der Waals surface area contributed by atoms with Crippen LogP contribution in [0.4, 0.5) is 18.9 Å². The first-order chi connectivity index (χ1) is 35.5. The van der Waals surface area contributed by atoms with Gasteiger partial charge < -0.3 is 73.4 Å². The molecule has 4 aliphatic heterocycles. The van der Waals surface area contributed by atoms with Crippen molar-refractivity contribution < 1.29 is 76.7 Å². The lowest BCUT2D eigenvalue weighted by Crippen LogP contribution is -2.61. The van der Waals surface area contributed by atoms with Crippen LogP contribution in [0, 0.1) is 17.8 Å². The van der Waals surface area contributed by atoms with Gasteiger partial charge in [-0.1, -0.05) is 38.1 Å². The molecule has 0 aliphatic carbocycles. The third-order valence-electron chi connectivity index (χ3n) is 16.9. The summed E-state index contributed by atoms with van der Waals surface area (Å²) < 4.78 is 87.3. The van der Waals surface area contributed by atoms with E-state index in [0.29, 0.717) is 42.9 Å². The number of esters is 1. The fraction of sp³-hybridized carbons (Fsp3) is 0.833. The number of cyclic esters (lactones) is 1. The maximum Gasteiger partial charge on any atom is 0.311 e. The van der Waals surface area contributed by atoms with Gasteiger partial charge in [0.15, 0.2) is 12.6 Å². The van der Waals surface area contributed by atoms with Crippen molar-refractivity contribution in [3.63, 3.8) is 0 Å². The van der Waals surface area contributed by atoms with Crippen LogP contribution in [-0.2, 0) is 44.4 Å². The minimum absolute atomic E-state index is 0.0699. The number of aromatic nitrogens is 3. The Morgan fingerprint density at radius 3 is 2.20 bits per heavy atom. The van der Waals surface area contributed by atoms with Crippen LogP contribution < -0.4 is 4.90 Å². The molecule has 0 radical (unpaired) electrons. The Kier molecular flexibility index (Phi) is 20.5. The van der Waals surface area contributed by atoms with Gasteiger partial charge in [-0.05, 0) is 105 Å². The number of likely N-dealkylation sites (N-methyl/N-ethyl adjacent to an activating group) is 2. The molecular formula is C54H89F3N6O13. The predicted octanol–water partition coefficient (Wildman–Crippen LogP) is 4.46. The smallest absolute Gasteiger partial charge is 0.311 e. The van der Waals surface area contributed by atoms with Gasteiger partial charge in [-0.2, -0.15) is 0 Å². The number of alkyl halides is 3. The summed E-state index contributed by atoms with van der Waals surface area (Å²) in [6.45, 7) is 16.5. The number of carbonyl (C=O) groups excluding carboxylic acids is 1. The van der Waals surface area contributed by atoms with E-state index >= 15 is 0 Å². The van der Waals surface area contributed by atoms with Crippen LogP contribution in [0.3, 0.4) is 0 Å². The number of methoxy groups -OCH3 is 2. The summed E-state index contributed by atoms with van der Waals surface area (Å²) in [5, 5.41) is 68.4. The summed E-state index contributed by atoms with van der Waals surface area (Å²) in [5.41, 5.74) is -2.80. The van der Waals surface area contributed by atoms with Crippen LogP contribution in [0.2, 0.25) is 0 Å². The van der Waals surface area contributed by atoms with Gasteiger partial charge in [0.1, 0.15) is 48.8 Å². The highest BCUT2D eigenvalue weighted by Gasteiger charge is 2.53. The average Bonchev–Trinajstić information content (AvgIpc) is 3.83. The molecule has 19 nitrogen and oxygen atoms in total. The predicted molar refractivity (Wildman–Crippen MR) is 275 cm³/mol. The third-order valence-corrected chi connectivity index (χ3v) is 16.9. The molecule has 5 heterocycles. The van der Waals surface area contributed by atoms with Crippen LogP contribution in [0.5, 0.6) is 0 Å². The van der Waals surface area contributed by atoms with Gasteiger partial charge in [-0.3, -0.25) is 4.79 Å². The van der Waals surface area contributed by atoms with E-state index in [9.17, 15) is 43.5 Å². The molecule has 0 spiro atoms. The Labute approximate surface area is 447 Å². The summed E-state index contributed by atoms with van der Waals surface area (Å²) in [4.78, 5) is 19.9. The normalized spacial score (nSPS) is 40.2. The number of rotatable bonds is 16. The van der Waals surface area contributed by atoms with Crippen LogP contribution in [-0.4, -0.2) is 214 Å². The fourth-order valence-electron chi connectivity index (χ4n) is 12.1. The Morgan fingerprint density at radius 2 is 1.61 bits per heavy atom. The molecule has 0 bridgehead atoms. The molecule has 4 fully saturated rings. The van der Waals surface area contributed by atoms with Crippen molar-refractivity contribution in [3.8, 4) is 0 Å². The van der Waals surface area contributed by atoms with Gasteiger partial charge in [0.25, 0.3) is 5.92 Å². The molecule has 0 amide bonds. The Morgan fingerprint density at radius 1 is 0.947 bits per heavy atom. The zero-order valence-corrected chi connectivity index (χ0v) is 47.1. The van der Waals surface area contributed by atoms with Crippen molar-refractivity contribution in [2.24, 2.45) is 17.8 Å². The lowest BCUT2D eigenvalue weighted by atomic mass is 9.77. The number of carbonyl (C=O) groups is 1. The van der Waals surface area contributed by atoms with E-state index in [-0.39, 0.29) is 38.3 Å². The average molecular weight is 1090 g/mol. The number of halogens is 3. The molecule has 4 saturated heterocycles. The highest BCUT2D eigenvalue weighted by atomic mass is 19.3. The van der Waals surface area contributed by atoms with E-state index in [1.54, 1.807) is 83.8 Å². The molecule has 22 heteroatoms. The summed E-state index contributed by atoms with van der Waals surface area (Å²) in [5.74, 6) is -5.66. The van der Waals surface area contributed by atoms with E-state index in [1.165, 1.54) is 25.8 Å². The number of hydrogen-bond acceptors (Lipinski definition) is 18. The van der Waals surface area contributed by atoms with Gasteiger partial charge in [0, 0.05) is 70.0 Å². The van der Waals surface area contributed by atoms with Gasteiger partial charge in [0.2, 0.25) is 0 Å². The number of aliphatic hydroxyl groups is 5. The van der Waals surface area contributed by atoms with E-state index in [4.69, 9.17) is 33.2 Å². The van der Waals surface area contributed by atoms with Crippen LogP contribution in [0.15, 0.2) is 30.5 Å². The second-order valence-corrected chi connectivity index (χ2v) is 23.3. The van der Waals surface area contributed by atoms with Gasteiger partial charge >= 0.3 is 5.97 Å². The molecule has 5 N–H and O–H groups in total. The zero-order chi connectivity index (χ0) is 56.4. The zero-order valence-electron chi connectivity index (χ0n) is 47.1. The summed E-state index contributed by atoms with van der Waals surface area (Å²) >= 11 is 0. The topological polar surface area (TPSA) is 223 Å². The van der Waals surface area contributed by atoms with Crippen molar-refractivity contribution >= 4 is 11.7 Å². The largest absolute Gasteiger partial charge is 0.459 e. The van der Waals surface area contributed by atoms with E-state index in [2.05, 4.69) is 10.3 Å². The minimum Gasteiger partial charge on any atom is -0.459 e. The minimum atomic E-state index is -2.72. The molecule has 2 aromatic rings. The van der Waals surface area contributed by atoms with Crippen LogP contribution >= 0.6 is 0 Å². The quantitative estimate of drug-likeness (QED) is 0.146. The Balaban J connectivity index is 1.25. The molecule has 0 unspecified atom stereocenters. The van der Waals surface area contributed by atoms with E-state index in [1.807, 2.05) is 37.7 Å². The fourth-order valence-corrected chi connectivity index (χ4v) is 12.1. The molecule has 20 atom stereocenters. The summed E-state index contributed by atoms with van der Waals surface area (Å²) in [6, 6.07) is 4.90. The number of ether oxygens (including phenoxy) is 7. The van der Waals surface area contributed by atoms with Crippen molar-refractivity contribution in [2.45, 2.75) is 210 Å². The number of hydrogen-bond donors (Lipinski definition) is 5. The van der Waals surface area contributed by atoms with Crippen LogP contribution in [0.1, 0.15) is 118 Å². The summed E-state index contributed by atoms with van der Waals surface area (Å²) in [7, 11) is 6.63. The highest BCUT2D eigenvalue weighted by molar-refractivity contribution is 5.73. The molecule has 6 rings (SSSR count). The molecule has 76 heavy (non-hydrogen) atoms. The lowest BCUT2D eigenvalue weighted by Gasteiger charge is -2.49. The molecule has 434 valence electrons. The van der Waals surface area contributed by atoms with Crippen molar-refractivity contribution in [1.29, 1.82) is 0 Å². The number of benzene rings is 1. The number of nitrogens with zero attached hydrogens (tertiary/aromatic N) is 6. The van der Waals surface area contributed by atoms with E-state index in [0.717, 1.165) is 0 Å². The molecule has 0 saturated carbocycles. The van der Waals surface area contributed by atoms with Crippen molar-refractivity contribution in [1.82, 2.24) is 24.8 Å². The highest BCUT2D eigenvalue weighted by Crippen LogP contribution is 2.41. The van der Waals surface area contributed by atoms with Crippen molar-refractivity contribution in [3.05, 3.63) is 41.7 Å². The van der Waals surface area contributed by atoms with Crippen molar-refractivity contribution in [2.75, 3.05) is 66.1 Å². The first-order valence-corrected chi connectivity index (χ1v) is 27.0. The van der Waals surface area contributed by atoms with Gasteiger partial charge in [-0.25, -0.2) is 17.9 Å². The molecule has 1 aromatic carbocycles. The number of anilines is 1. The van der Waals surface area contributed by atoms with Crippen LogP contribution in [0.25, 0.3) is 0 Å². The first kappa shape index (κ1) is 62.1. The molecule has 1 aromatic heterocycles. The number of aliphatic hydroxyl groups excluding tert-OH is 3. The maximum atomic E-state index is 14.9. The Hall–Kier alpha value is -3.10. The summed E-state index contributed by atoms with van der Waals surface area (Å²) in [6.07, 6.45) is -8.46. The lowest BCUT2D eigenvalue weighted by molar-refractivity contribution is -0.318. The molecule has 4 aliphatic rings. The van der Waals surface area contributed by atoms with Gasteiger partial charge in [0.05, 0.1) is 60.3 Å². The van der Waals surface area contributed by atoms with Gasteiger partial charge in [-0.15, -0.1) is 5.10 Å². The third kappa shape index (κ3) is 13.9. The molecular weight excluding hydrogens is 998 g/mol. The standard InChI is InChI=1S/C54H89F3N6O13/c1-15-41-53(10,69)46(65)34(6)61(12)26-30(2)23-51(8,68)48(32(4)44(33(5)49(67)74-41)75-42-24-52(9,71-14)47(66)35(7)73-42)76-50-43(64)39(22-31(3)72-50)60(11)21-20-37-27-63(59-58-37)40(25-55)45(70-13)36-16-18-38(19-17-36)62-28-54(56,57)29-62/h16-19,27,30-35,39-48,50,64-66,68-69H,15,20-26,28-29H2,1-14H3/t30-,31-,32+,33-,34-,35+,39+,40-,41-,42+,43-,44+,45-,46-,47+,48-,50+,51-,52-,53-/m1/s1. The Bertz CT molecular complexity index is 2160. The second kappa shape index (κ2) is 25.1.